The molecule has 38 heavy (non-hydrogen) atoms. The number of carboxylic acids is 1. The topological polar surface area (TPSA) is 71.7 Å². The second-order valence-electron chi connectivity index (χ2n) is 9.64. The van der Waals surface area contributed by atoms with E-state index in [4.69, 9.17) is 4.74 Å². The fraction of sp³-hybridized carbons (Fsp3) is 0.156. The lowest BCUT2D eigenvalue weighted by Gasteiger charge is -2.29. The summed E-state index contributed by atoms with van der Waals surface area (Å²) in [6.45, 7) is 3.82. The van der Waals surface area contributed by atoms with Crippen molar-refractivity contribution in [1.82, 2.24) is 4.57 Å². The summed E-state index contributed by atoms with van der Waals surface area (Å²) in [5.74, 6) is -0.670. The Morgan fingerprint density at radius 3 is 2.37 bits per heavy atom. The van der Waals surface area contributed by atoms with Gasteiger partial charge in [-0.05, 0) is 78.6 Å². The van der Waals surface area contributed by atoms with E-state index in [1.807, 2.05) is 72.3 Å². The molecule has 6 heteroatoms. The first-order valence-electron chi connectivity index (χ1n) is 12.3. The Morgan fingerprint density at radius 1 is 0.974 bits per heavy atom. The lowest BCUT2D eigenvalue weighted by molar-refractivity contribution is 0.0696. The Bertz CT molecular complexity index is 1610. The number of hydrogen-bond donors (Lipinski definition) is 2. The number of hydrogen-bond acceptors (Lipinski definition) is 3. The van der Waals surface area contributed by atoms with Crippen molar-refractivity contribution in [3.63, 3.8) is 0 Å². The highest BCUT2D eigenvalue weighted by Crippen LogP contribution is 2.42. The molecule has 5 rings (SSSR count). The summed E-state index contributed by atoms with van der Waals surface area (Å²) < 4.78 is 22.0. The zero-order chi connectivity index (χ0) is 26.9. The standard InChI is InChI=1S/C32H28FNO4/c1-21-17-23(11-16-26(21)31(36)37)32(2,20-35)27-18-34(25-14-12-24(33)13-15-25)28-9-6-10-29(30(27)28)38-19-22-7-4-3-5-8-22/h3-18,35H,19-20H2,1-2H3,(H,36,37). The van der Waals surface area contributed by atoms with Gasteiger partial charge in [0.2, 0.25) is 0 Å². The van der Waals surface area contributed by atoms with Crippen LogP contribution < -0.4 is 4.74 Å². The number of aromatic carboxylic acids is 1. The summed E-state index contributed by atoms with van der Waals surface area (Å²) in [4.78, 5) is 11.6. The van der Waals surface area contributed by atoms with E-state index in [1.165, 1.54) is 12.1 Å². The van der Waals surface area contributed by atoms with Crippen LogP contribution in [0.1, 0.15) is 39.5 Å². The number of aliphatic hydroxyl groups is 1. The Hall–Kier alpha value is -4.42. The minimum atomic E-state index is -0.996. The largest absolute Gasteiger partial charge is 0.488 e. The van der Waals surface area contributed by atoms with Crippen molar-refractivity contribution >= 4 is 16.9 Å². The molecule has 2 N–H and O–H groups in total. The summed E-state index contributed by atoms with van der Waals surface area (Å²) >= 11 is 0. The van der Waals surface area contributed by atoms with Gasteiger partial charge in [0.05, 0.1) is 17.7 Å². The lowest BCUT2D eigenvalue weighted by atomic mass is 9.76. The highest BCUT2D eigenvalue weighted by molar-refractivity contribution is 5.93. The molecule has 0 aliphatic carbocycles. The predicted molar refractivity (Wildman–Crippen MR) is 146 cm³/mol. The maximum absolute atomic E-state index is 13.7. The Kier molecular flexibility index (Phi) is 6.74. The van der Waals surface area contributed by atoms with Gasteiger partial charge in [0, 0.05) is 22.7 Å². The van der Waals surface area contributed by atoms with Crippen LogP contribution in [-0.2, 0) is 12.0 Å². The van der Waals surface area contributed by atoms with Crippen LogP contribution >= 0.6 is 0 Å². The molecule has 5 nitrogen and oxygen atoms in total. The zero-order valence-electron chi connectivity index (χ0n) is 21.2. The highest BCUT2D eigenvalue weighted by Gasteiger charge is 2.34. The minimum Gasteiger partial charge on any atom is -0.488 e. The van der Waals surface area contributed by atoms with E-state index < -0.39 is 11.4 Å². The van der Waals surface area contributed by atoms with Gasteiger partial charge in [-0.1, -0.05) is 48.5 Å². The molecule has 0 amide bonds. The zero-order valence-corrected chi connectivity index (χ0v) is 21.2. The van der Waals surface area contributed by atoms with E-state index in [2.05, 4.69) is 0 Å². The average molecular weight is 510 g/mol. The first-order chi connectivity index (χ1) is 18.3. The van der Waals surface area contributed by atoms with Gasteiger partial charge < -0.3 is 19.5 Å². The quantitative estimate of drug-likeness (QED) is 0.246. The number of carbonyl (C=O) groups is 1. The second kappa shape index (κ2) is 10.1. The fourth-order valence-corrected chi connectivity index (χ4v) is 4.92. The van der Waals surface area contributed by atoms with Crippen molar-refractivity contribution in [2.45, 2.75) is 25.9 Å². The van der Waals surface area contributed by atoms with Crippen molar-refractivity contribution < 1.29 is 24.1 Å². The molecule has 5 aromatic rings. The van der Waals surface area contributed by atoms with Crippen LogP contribution in [0.4, 0.5) is 4.39 Å². The van der Waals surface area contributed by atoms with E-state index in [0.29, 0.717) is 17.9 Å². The molecule has 0 saturated heterocycles. The Labute approximate surface area is 220 Å². The molecule has 0 radical (unpaired) electrons. The molecular formula is C32H28FNO4. The maximum atomic E-state index is 13.7. The van der Waals surface area contributed by atoms with Gasteiger partial charge in [-0.2, -0.15) is 0 Å². The minimum absolute atomic E-state index is 0.217. The average Bonchev–Trinajstić information content (AvgIpc) is 3.33. The van der Waals surface area contributed by atoms with Gasteiger partial charge in [-0.15, -0.1) is 0 Å². The smallest absolute Gasteiger partial charge is 0.335 e. The van der Waals surface area contributed by atoms with Crippen LogP contribution in [0.2, 0.25) is 0 Å². The molecule has 0 aliphatic heterocycles. The molecule has 4 aromatic carbocycles. The molecule has 0 bridgehead atoms. The molecule has 1 aromatic heterocycles. The normalized spacial score (nSPS) is 12.8. The van der Waals surface area contributed by atoms with E-state index in [1.54, 1.807) is 31.2 Å². The van der Waals surface area contributed by atoms with Crippen LogP contribution in [0.5, 0.6) is 5.75 Å². The summed E-state index contributed by atoms with van der Waals surface area (Å²) in [7, 11) is 0. The summed E-state index contributed by atoms with van der Waals surface area (Å²) in [5, 5.41) is 21.2. The number of benzene rings is 4. The number of ether oxygens (including phenoxy) is 1. The van der Waals surface area contributed by atoms with E-state index in [9.17, 15) is 19.4 Å². The van der Waals surface area contributed by atoms with Crippen LogP contribution in [0.15, 0.2) is 97.2 Å². The molecule has 1 heterocycles. The monoisotopic (exact) mass is 509 g/mol. The molecule has 1 atom stereocenters. The van der Waals surface area contributed by atoms with Crippen LogP contribution in [0.3, 0.4) is 0 Å². The number of aromatic nitrogens is 1. The van der Waals surface area contributed by atoms with Gasteiger partial charge in [-0.25, -0.2) is 9.18 Å². The lowest BCUT2D eigenvalue weighted by Crippen LogP contribution is -2.28. The third-order valence-corrected chi connectivity index (χ3v) is 7.14. The molecule has 192 valence electrons. The number of fused-ring (bicyclic) bond motifs is 1. The van der Waals surface area contributed by atoms with Crippen molar-refractivity contribution in [2.75, 3.05) is 6.61 Å². The molecule has 0 aliphatic rings. The number of aryl methyl sites for hydroxylation is 1. The molecule has 0 saturated carbocycles. The van der Waals surface area contributed by atoms with Gasteiger partial charge in [0.25, 0.3) is 0 Å². The predicted octanol–water partition coefficient (Wildman–Crippen LogP) is 6.65. The molecule has 0 spiro atoms. The first-order valence-corrected chi connectivity index (χ1v) is 12.3. The molecule has 1 unspecified atom stereocenters. The fourth-order valence-electron chi connectivity index (χ4n) is 4.92. The Morgan fingerprint density at radius 2 is 1.71 bits per heavy atom. The van der Waals surface area contributed by atoms with Crippen LogP contribution in [-0.4, -0.2) is 27.4 Å². The summed E-state index contributed by atoms with van der Waals surface area (Å²) in [6, 6.07) is 27.0. The molecular weight excluding hydrogens is 481 g/mol. The third-order valence-electron chi connectivity index (χ3n) is 7.14. The number of nitrogens with zero attached hydrogens (tertiary/aromatic N) is 1. The van der Waals surface area contributed by atoms with Gasteiger partial charge >= 0.3 is 5.97 Å². The second-order valence-corrected chi connectivity index (χ2v) is 9.64. The van der Waals surface area contributed by atoms with Gasteiger partial charge in [-0.3, -0.25) is 0 Å². The van der Waals surface area contributed by atoms with Gasteiger partial charge in [0.15, 0.2) is 0 Å². The third kappa shape index (κ3) is 4.55. The number of aliphatic hydroxyl groups excluding tert-OH is 1. The highest BCUT2D eigenvalue weighted by atomic mass is 19.1. The van der Waals surface area contributed by atoms with Gasteiger partial charge in [0.1, 0.15) is 18.2 Å². The van der Waals surface area contributed by atoms with Crippen molar-refractivity contribution in [3.05, 3.63) is 131 Å². The summed E-state index contributed by atoms with van der Waals surface area (Å²) in [5.41, 5.74) is 4.15. The van der Waals surface area contributed by atoms with E-state index in [-0.39, 0.29) is 18.0 Å². The first kappa shape index (κ1) is 25.2. The number of halogens is 1. The number of rotatable bonds is 8. The maximum Gasteiger partial charge on any atom is 0.335 e. The SMILES string of the molecule is Cc1cc(C(C)(CO)c2cn(-c3ccc(F)cc3)c3cccc(OCc4ccccc4)c23)ccc1C(=O)O. The van der Waals surface area contributed by atoms with Crippen molar-refractivity contribution in [1.29, 1.82) is 0 Å². The molecule has 0 fully saturated rings. The number of carboxylic acid groups (broad SMARTS) is 1. The van der Waals surface area contributed by atoms with E-state index in [0.717, 1.165) is 33.3 Å². The van der Waals surface area contributed by atoms with Crippen molar-refractivity contribution in [3.8, 4) is 11.4 Å². The Balaban J connectivity index is 1.72. The van der Waals surface area contributed by atoms with E-state index >= 15 is 0 Å². The van der Waals surface area contributed by atoms with Crippen LogP contribution in [0.25, 0.3) is 16.6 Å². The van der Waals surface area contributed by atoms with Crippen molar-refractivity contribution in [2.24, 2.45) is 0 Å². The van der Waals surface area contributed by atoms with Crippen LogP contribution in [0, 0.1) is 12.7 Å². The summed E-state index contributed by atoms with van der Waals surface area (Å²) in [6.07, 6.45) is 1.95.